The quantitative estimate of drug-likeness (QED) is 0.367. The minimum atomic E-state index is -0.753. The lowest BCUT2D eigenvalue weighted by Crippen LogP contribution is -2.51. The van der Waals surface area contributed by atoms with Gasteiger partial charge in [0.05, 0.1) is 7.11 Å². The molecule has 0 saturated heterocycles. The molecule has 0 fully saturated rings. The molecule has 0 aliphatic carbocycles. The van der Waals surface area contributed by atoms with Crippen molar-refractivity contribution in [3.8, 4) is 0 Å². The molecule has 29 heavy (non-hydrogen) atoms. The number of esters is 1. The molecule has 0 saturated carbocycles. The van der Waals surface area contributed by atoms with E-state index in [1.165, 1.54) is 13.2 Å². The minimum absolute atomic E-state index is 0.0219. The van der Waals surface area contributed by atoms with E-state index in [0.717, 1.165) is 5.57 Å². The first-order valence-corrected chi connectivity index (χ1v) is 9.53. The first-order valence-electron chi connectivity index (χ1n) is 9.53. The third-order valence-electron chi connectivity index (χ3n) is 4.48. The zero-order chi connectivity index (χ0) is 22.2. The van der Waals surface area contributed by atoms with Crippen molar-refractivity contribution in [1.29, 1.82) is 0 Å². The summed E-state index contributed by atoms with van der Waals surface area (Å²) >= 11 is 0. The second-order valence-electron chi connectivity index (χ2n) is 8.15. The highest BCUT2D eigenvalue weighted by molar-refractivity contribution is 5.93. The Morgan fingerprint density at radius 1 is 1.31 bits per heavy atom. The number of primary amides is 1. The molecule has 0 bridgehead atoms. The summed E-state index contributed by atoms with van der Waals surface area (Å²) in [5.74, 6) is -1.15. The molecule has 160 valence electrons. The van der Waals surface area contributed by atoms with Gasteiger partial charge in [-0.1, -0.05) is 57.6 Å². The first-order chi connectivity index (χ1) is 13.5. The van der Waals surface area contributed by atoms with Crippen molar-refractivity contribution in [3.05, 3.63) is 47.8 Å². The van der Waals surface area contributed by atoms with Crippen molar-refractivity contribution < 1.29 is 23.9 Å². The molecule has 0 spiro atoms. The van der Waals surface area contributed by atoms with E-state index in [4.69, 9.17) is 15.2 Å². The average molecular weight is 405 g/mol. The van der Waals surface area contributed by atoms with Crippen LogP contribution in [0, 0.1) is 11.3 Å². The summed E-state index contributed by atoms with van der Waals surface area (Å²) in [7, 11) is 1.44. The molecule has 3 atom stereocenters. The summed E-state index contributed by atoms with van der Waals surface area (Å²) in [5.41, 5.74) is 5.85. The predicted molar refractivity (Wildman–Crippen MR) is 111 cm³/mol. The Morgan fingerprint density at radius 2 is 1.93 bits per heavy atom. The Morgan fingerprint density at radius 3 is 2.45 bits per heavy atom. The van der Waals surface area contributed by atoms with Gasteiger partial charge in [-0.15, -0.1) is 0 Å². The SMILES string of the molecule is COC1=CC[C@@H]([C@@H](C)/C=C(C)/C=C\C=C/C(=O)NC(C(N)=O)C(C)(C)C)OC1=O. The highest BCUT2D eigenvalue weighted by Gasteiger charge is 2.30. The van der Waals surface area contributed by atoms with E-state index < -0.39 is 29.2 Å². The van der Waals surface area contributed by atoms with Crippen molar-refractivity contribution in [1.82, 2.24) is 5.32 Å². The van der Waals surface area contributed by atoms with Crippen LogP contribution in [0.5, 0.6) is 0 Å². The van der Waals surface area contributed by atoms with E-state index in [0.29, 0.717) is 6.42 Å². The van der Waals surface area contributed by atoms with Gasteiger partial charge in [-0.2, -0.15) is 0 Å². The molecule has 1 aliphatic heterocycles. The lowest BCUT2D eigenvalue weighted by atomic mass is 9.86. The fraction of sp³-hybridized carbons (Fsp3) is 0.500. The van der Waals surface area contributed by atoms with Crippen LogP contribution >= 0.6 is 0 Å². The monoisotopic (exact) mass is 404 g/mol. The van der Waals surface area contributed by atoms with Gasteiger partial charge in [0.25, 0.3) is 0 Å². The Labute approximate surface area is 172 Å². The Balaban J connectivity index is 2.62. The number of amides is 2. The molecule has 0 aromatic carbocycles. The predicted octanol–water partition coefficient (Wildman–Crippen LogP) is 2.54. The van der Waals surface area contributed by atoms with Crippen LogP contribution in [0.3, 0.4) is 0 Å². The summed E-state index contributed by atoms with van der Waals surface area (Å²) in [6.07, 6.45) is 10.6. The molecule has 1 unspecified atom stereocenters. The van der Waals surface area contributed by atoms with Gasteiger partial charge >= 0.3 is 5.97 Å². The molecule has 1 rings (SSSR count). The van der Waals surface area contributed by atoms with Crippen LogP contribution in [0.1, 0.15) is 41.0 Å². The van der Waals surface area contributed by atoms with Gasteiger partial charge in [-0.3, -0.25) is 9.59 Å². The second kappa shape index (κ2) is 10.6. The van der Waals surface area contributed by atoms with Gasteiger partial charge in [0.1, 0.15) is 12.1 Å². The van der Waals surface area contributed by atoms with E-state index in [1.54, 1.807) is 18.2 Å². The summed E-state index contributed by atoms with van der Waals surface area (Å²) < 4.78 is 10.3. The van der Waals surface area contributed by atoms with Crippen LogP contribution in [0.25, 0.3) is 0 Å². The van der Waals surface area contributed by atoms with Crippen molar-refractivity contribution in [3.63, 3.8) is 0 Å². The van der Waals surface area contributed by atoms with Crippen LogP contribution in [-0.4, -0.2) is 37.0 Å². The molecule has 0 aromatic heterocycles. The van der Waals surface area contributed by atoms with Crippen molar-refractivity contribution >= 4 is 17.8 Å². The van der Waals surface area contributed by atoms with E-state index in [1.807, 2.05) is 46.8 Å². The Bertz CT molecular complexity index is 741. The summed E-state index contributed by atoms with van der Waals surface area (Å²) in [4.78, 5) is 35.3. The number of rotatable bonds is 8. The van der Waals surface area contributed by atoms with Crippen LogP contribution < -0.4 is 11.1 Å². The molecular formula is C22H32N2O5. The molecule has 7 heteroatoms. The van der Waals surface area contributed by atoms with Gasteiger partial charge in [0.15, 0.2) is 5.76 Å². The molecule has 0 aromatic rings. The van der Waals surface area contributed by atoms with Gasteiger partial charge in [-0.25, -0.2) is 4.79 Å². The lowest BCUT2D eigenvalue weighted by molar-refractivity contribution is -0.151. The second-order valence-corrected chi connectivity index (χ2v) is 8.15. The molecule has 1 aliphatic rings. The highest BCUT2D eigenvalue weighted by atomic mass is 16.6. The van der Waals surface area contributed by atoms with E-state index in [-0.39, 0.29) is 17.8 Å². The average Bonchev–Trinajstić information content (AvgIpc) is 2.61. The number of cyclic esters (lactones) is 1. The number of hydrogen-bond donors (Lipinski definition) is 2. The van der Waals surface area contributed by atoms with Crippen LogP contribution in [0.4, 0.5) is 0 Å². The van der Waals surface area contributed by atoms with Crippen LogP contribution in [0.15, 0.2) is 47.8 Å². The molecular weight excluding hydrogens is 372 g/mol. The number of carbonyl (C=O) groups is 3. The van der Waals surface area contributed by atoms with Crippen molar-refractivity contribution in [2.24, 2.45) is 17.1 Å². The minimum Gasteiger partial charge on any atom is -0.490 e. The van der Waals surface area contributed by atoms with Crippen LogP contribution in [-0.2, 0) is 23.9 Å². The first kappa shape index (κ1) is 24.2. The van der Waals surface area contributed by atoms with Gasteiger partial charge in [0, 0.05) is 18.4 Å². The Kier molecular flexibility index (Phi) is 8.88. The summed E-state index contributed by atoms with van der Waals surface area (Å²) in [5, 5.41) is 2.62. The molecule has 1 heterocycles. The number of allylic oxidation sites excluding steroid dienone is 4. The highest BCUT2D eigenvalue weighted by Crippen LogP contribution is 2.22. The van der Waals surface area contributed by atoms with Crippen molar-refractivity contribution in [2.75, 3.05) is 7.11 Å². The molecule has 2 amide bonds. The Hall–Kier alpha value is -2.83. The zero-order valence-electron chi connectivity index (χ0n) is 18.0. The topological polar surface area (TPSA) is 108 Å². The normalized spacial score (nSPS) is 20.2. The molecule has 0 radical (unpaired) electrons. The maximum atomic E-state index is 12.0. The standard InChI is InChI=1S/C22H32N2O5/c1-14(13-15(2)16-11-12-17(28-6)21(27)29-16)9-7-8-10-18(25)24-19(20(23)26)22(3,4)5/h7-10,12-13,15-16,19H,11H2,1-6H3,(H2,23,26)(H,24,25)/b9-7-,10-8-,14-13+/t15-,16-,19?/m0/s1. The zero-order valence-corrected chi connectivity index (χ0v) is 18.0. The number of hydrogen-bond acceptors (Lipinski definition) is 5. The number of ether oxygens (including phenoxy) is 2. The van der Waals surface area contributed by atoms with E-state index in [9.17, 15) is 14.4 Å². The van der Waals surface area contributed by atoms with Gasteiger partial charge in [-0.05, 0) is 18.4 Å². The molecule has 3 N–H and O–H groups in total. The van der Waals surface area contributed by atoms with E-state index in [2.05, 4.69) is 5.32 Å². The third-order valence-corrected chi connectivity index (χ3v) is 4.48. The fourth-order valence-electron chi connectivity index (χ4n) is 2.87. The third kappa shape index (κ3) is 7.97. The smallest absolute Gasteiger partial charge is 0.373 e. The maximum absolute atomic E-state index is 12.0. The van der Waals surface area contributed by atoms with Gasteiger partial charge < -0.3 is 20.5 Å². The number of carbonyl (C=O) groups excluding carboxylic acids is 3. The maximum Gasteiger partial charge on any atom is 0.373 e. The fourth-order valence-corrected chi connectivity index (χ4v) is 2.87. The largest absolute Gasteiger partial charge is 0.490 e. The van der Waals surface area contributed by atoms with Crippen LogP contribution in [0.2, 0.25) is 0 Å². The number of nitrogens with two attached hydrogens (primary N) is 1. The molecule has 7 nitrogen and oxygen atoms in total. The van der Waals surface area contributed by atoms with Crippen molar-refractivity contribution in [2.45, 2.75) is 53.2 Å². The van der Waals surface area contributed by atoms with E-state index >= 15 is 0 Å². The lowest BCUT2D eigenvalue weighted by Gasteiger charge is -2.28. The van der Waals surface area contributed by atoms with Gasteiger partial charge in [0.2, 0.25) is 11.8 Å². The summed E-state index contributed by atoms with van der Waals surface area (Å²) in [6.45, 7) is 9.39. The number of methoxy groups -OCH3 is 1. The number of nitrogens with one attached hydrogen (secondary N) is 1. The summed E-state index contributed by atoms with van der Waals surface area (Å²) in [6, 6.07) is -0.753.